The molecular formula is C8H8ClN3S. The highest BCUT2D eigenvalue weighted by Gasteiger charge is 1.99. The van der Waals surface area contributed by atoms with Gasteiger partial charge in [0.15, 0.2) is 0 Å². The van der Waals surface area contributed by atoms with E-state index in [-0.39, 0.29) is 0 Å². The maximum absolute atomic E-state index is 5.64. The van der Waals surface area contributed by atoms with Crippen LogP contribution >= 0.6 is 22.9 Å². The number of hydrogen-bond donors (Lipinski definition) is 0. The fraction of sp³-hybridized carbons (Fsp3) is 0.250. The lowest BCUT2D eigenvalue weighted by Crippen LogP contribution is -1.93. The smallest absolute Gasteiger partial charge is 0.0953 e. The second-order valence-corrected chi connectivity index (χ2v) is 3.88. The molecule has 13 heavy (non-hydrogen) atoms. The standard InChI is InChI=1S/C8H8ClN3S/c9-1-7-3-12(5-11-7)4-8-2-10-6-13-8/h2-3,5-6H,1,4H2. The van der Waals surface area contributed by atoms with Crippen molar-refractivity contribution in [3.05, 3.63) is 34.8 Å². The van der Waals surface area contributed by atoms with Gasteiger partial charge in [-0.05, 0) is 0 Å². The molecule has 0 saturated heterocycles. The van der Waals surface area contributed by atoms with E-state index in [1.54, 1.807) is 17.7 Å². The quantitative estimate of drug-likeness (QED) is 0.732. The van der Waals surface area contributed by atoms with Crippen molar-refractivity contribution in [1.29, 1.82) is 0 Å². The third-order valence-electron chi connectivity index (χ3n) is 1.65. The first-order valence-electron chi connectivity index (χ1n) is 3.82. The molecule has 0 bridgehead atoms. The lowest BCUT2D eigenvalue weighted by Gasteiger charge is -1.95. The Morgan fingerprint density at radius 2 is 2.46 bits per heavy atom. The van der Waals surface area contributed by atoms with Crippen molar-refractivity contribution in [3.63, 3.8) is 0 Å². The molecule has 0 amide bonds. The van der Waals surface area contributed by atoms with Gasteiger partial charge in [-0.1, -0.05) is 0 Å². The van der Waals surface area contributed by atoms with E-state index in [9.17, 15) is 0 Å². The van der Waals surface area contributed by atoms with Gasteiger partial charge in [-0.15, -0.1) is 22.9 Å². The summed E-state index contributed by atoms with van der Waals surface area (Å²) in [6, 6.07) is 0. The molecule has 0 radical (unpaired) electrons. The number of imidazole rings is 1. The summed E-state index contributed by atoms with van der Waals surface area (Å²) in [5, 5.41) is 0. The van der Waals surface area contributed by atoms with Crippen molar-refractivity contribution in [2.75, 3.05) is 0 Å². The van der Waals surface area contributed by atoms with E-state index < -0.39 is 0 Å². The molecule has 0 atom stereocenters. The summed E-state index contributed by atoms with van der Waals surface area (Å²) in [4.78, 5) is 9.36. The molecule has 0 aliphatic carbocycles. The second kappa shape index (κ2) is 3.89. The van der Waals surface area contributed by atoms with Crippen LogP contribution in [0.1, 0.15) is 10.6 Å². The Kier molecular flexibility index (Phi) is 2.61. The monoisotopic (exact) mass is 213 g/mol. The summed E-state index contributed by atoms with van der Waals surface area (Å²) in [6.07, 6.45) is 5.61. The number of rotatable bonds is 3. The van der Waals surface area contributed by atoms with E-state index in [2.05, 4.69) is 9.97 Å². The number of nitrogens with zero attached hydrogens (tertiary/aromatic N) is 3. The third kappa shape index (κ3) is 2.08. The van der Waals surface area contributed by atoms with Gasteiger partial charge in [0.2, 0.25) is 0 Å². The van der Waals surface area contributed by atoms with E-state index in [1.807, 2.05) is 22.5 Å². The molecule has 2 rings (SSSR count). The molecule has 2 aromatic rings. The van der Waals surface area contributed by atoms with Crippen LogP contribution in [0.2, 0.25) is 0 Å². The molecule has 0 aromatic carbocycles. The van der Waals surface area contributed by atoms with Crippen LogP contribution in [0.15, 0.2) is 24.2 Å². The topological polar surface area (TPSA) is 30.7 Å². The summed E-state index contributed by atoms with van der Waals surface area (Å²) in [7, 11) is 0. The van der Waals surface area contributed by atoms with Gasteiger partial charge in [-0.25, -0.2) is 4.98 Å². The van der Waals surface area contributed by atoms with E-state index >= 15 is 0 Å². The lowest BCUT2D eigenvalue weighted by molar-refractivity contribution is 0.807. The van der Waals surface area contributed by atoms with Crippen molar-refractivity contribution in [2.24, 2.45) is 0 Å². The number of thiazole rings is 1. The van der Waals surface area contributed by atoms with Crippen molar-refractivity contribution in [1.82, 2.24) is 14.5 Å². The fourth-order valence-corrected chi connectivity index (χ4v) is 1.80. The summed E-state index contributed by atoms with van der Waals surface area (Å²) in [6.45, 7) is 0.828. The summed E-state index contributed by atoms with van der Waals surface area (Å²) in [5.74, 6) is 0.468. The maximum atomic E-state index is 5.64. The minimum atomic E-state index is 0.468. The Bertz CT molecular complexity index is 368. The molecule has 2 aromatic heterocycles. The van der Waals surface area contributed by atoms with E-state index in [0.29, 0.717) is 5.88 Å². The highest BCUT2D eigenvalue weighted by molar-refractivity contribution is 7.09. The van der Waals surface area contributed by atoms with Crippen LogP contribution in [0.25, 0.3) is 0 Å². The first-order chi connectivity index (χ1) is 6.38. The van der Waals surface area contributed by atoms with Gasteiger partial charge in [0.25, 0.3) is 0 Å². The normalized spacial score (nSPS) is 10.5. The summed E-state index contributed by atoms with van der Waals surface area (Å²) >= 11 is 7.28. The Hall–Kier alpha value is -0.870. The molecule has 0 saturated carbocycles. The van der Waals surface area contributed by atoms with Crippen molar-refractivity contribution >= 4 is 22.9 Å². The third-order valence-corrected chi connectivity index (χ3v) is 2.68. The van der Waals surface area contributed by atoms with Gasteiger partial charge in [0.1, 0.15) is 0 Å². The predicted molar refractivity (Wildman–Crippen MR) is 53.0 cm³/mol. The molecule has 0 fully saturated rings. The first kappa shape index (κ1) is 8.72. The van der Waals surface area contributed by atoms with Gasteiger partial charge < -0.3 is 4.57 Å². The highest BCUT2D eigenvalue weighted by Crippen LogP contribution is 2.09. The number of hydrogen-bond acceptors (Lipinski definition) is 3. The van der Waals surface area contributed by atoms with Crippen LogP contribution in [0.4, 0.5) is 0 Å². The molecule has 0 aliphatic rings. The zero-order valence-corrected chi connectivity index (χ0v) is 8.42. The summed E-state index contributed by atoms with van der Waals surface area (Å²) < 4.78 is 2.01. The lowest BCUT2D eigenvalue weighted by atomic mass is 10.5. The van der Waals surface area contributed by atoms with Crippen LogP contribution in [0, 0.1) is 0 Å². The zero-order chi connectivity index (χ0) is 9.10. The molecule has 2 heterocycles. The average molecular weight is 214 g/mol. The minimum absolute atomic E-state index is 0.468. The van der Waals surface area contributed by atoms with Crippen LogP contribution < -0.4 is 0 Å². The van der Waals surface area contributed by atoms with Crippen LogP contribution in [-0.2, 0) is 12.4 Å². The second-order valence-electron chi connectivity index (χ2n) is 2.64. The van der Waals surface area contributed by atoms with Gasteiger partial charge in [-0.2, -0.15) is 0 Å². The molecule has 0 spiro atoms. The Balaban J connectivity index is 2.10. The average Bonchev–Trinajstić information content (AvgIpc) is 2.76. The number of aromatic nitrogens is 3. The molecule has 68 valence electrons. The van der Waals surface area contributed by atoms with Crippen molar-refractivity contribution in [2.45, 2.75) is 12.4 Å². The largest absolute Gasteiger partial charge is 0.332 e. The van der Waals surface area contributed by atoms with Crippen LogP contribution in [-0.4, -0.2) is 14.5 Å². The Labute approximate surface area is 85.0 Å². The number of alkyl halides is 1. The predicted octanol–water partition coefficient (Wildman–Crippen LogP) is 2.13. The van der Waals surface area contributed by atoms with E-state index in [0.717, 1.165) is 12.2 Å². The highest BCUT2D eigenvalue weighted by atomic mass is 35.5. The van der Waals surface area contributed by atoms with Gasteiger partial charge in [0, 0.05) is 17.3 Å². The van der Waals surface area contributed by atoms with Crippen LogP contribution in [0.5, 0.6) is 0 Å². The Morgan fingerprint density at radius 1 is 1.54 bits per heavy atom. The van der Waals surface area contributed by atoms with E-state index in [4.69, 9.17) is 11.6 Å². The SMILES string of the molecule is ClCc1cn(Cc2cncs2)cn1. The van der Waals surface area contributed by atoms with Crippen molar-refractivity contribution < 1.29 is 0 Å². The van der Waals surface area contributed by atoms with E-state index in [1.165, 1.54) is 4.88 Å². The van der Waals surface area contributed by atoms with Crippen LogP contribution in [0.3, 0.4) is 0 Å². The molecule has 0 aliphatic heterocycles. The van der Waals surface area contributed by atoms with Gasteiger partial charge in [-0.3, -0.25) is 4.98 Å². The van der Waals surface area contributed by atoms with Gasteiger partial charge >= 0.3 is 0 Å². The minimum Gasteiger partial charge on any atom is -0.332 e. The number of halogens is 1. The van der Waals surface area contributed by atoms with Gasteiger partial charge in [0.05, 0.1) is 30.0 Å². The molecule has 0 unspecified atom stereocenters. The fourth-order valence-electron chi connectivity index (χ4n) is 1.06. The molecule has 5 heteroatoms. The molecular weight excluding hydrogens is 206 g/mol. The molecule has 3 nitrogen and oxygen atoms in total. The first-order valence-corrected chi connectivity index (χ1v) is 5.24. The van der Waals surface area contributed by atoms with Crippen molar-refractivity contribution in [3.8, 4) is 0 Å². The zero-order valence-electron chi connectivity index (χ0n) is 6.85. The summed E-state index contributed by atoms with van der Waals surface area (Å²) in [5.41, 5.74) is 2.74. The maximum Gasteiger partial charge on any atom is 0.0953 e. The molecule has 0 N–H and O–H groups in total. The Morgan fingerprint density at radius 3 is 3.08 bits per heavy atom.